The SMILES string of the molecule is O=C(c1ccc2nc[nH]c2c1)N1CCC[C@@H]2c3cc(CO)ccc3CC21. The van der Waals surface area contributed by atoms with Crippen LogP contribution in [0.15, 0.2) is 42.7 Å². The molecule has 1 amide bonds. The molecule has 2 N–H and O–H groups in total. The standard InChI is InChI=1S/C21H21N3O2/c25-11-13-3-4-14-10-20-16(17(14)8-13)2-1-7-24(20)21(26)15-5-6-18-19(9-15)23-12-22-18/h3-6,8-9,12,16,20,25H,1-2,7,10-11H2,(H,22,23)/t16-,20?/m1/s1. The Morgan fingerprint density at radius 2 is 2.19 bits per heavy atom. The summed E-state index contributed by atoms with van der Waals surface area (Å²) in [5.74, 6) is 0.483. The van der Waals surface area contributed by atoms with E-state index in [0.717, 1.165) is 48.0 Å². The number of hydrogen-bond donors (Lipinski definition) is 2. The third kappa shape index (κ3) is 2.35. The quantitative estimate of drug-likeness (QED) is 0.749. The predicted octanol–water partition coefficient (Wildman–Crippen LogP) is 3.00. The third-order valence-corrected chi connectivity index (χ3v) is 5.93. The number of fused-ring (bicyclic) bond motifs is 4. The van der Waals surface area contributed by atoms with E-state index in [4.69, 9.17) is 0 Å². The van der Waals surface area contributed by atoms with E-state index in [2.05, 4.69) is 27.0 Å². The van der Waals surface area contributed by atoms with Gasteiger partial charge in [-0.2, -0.15) is 0 Å². The highest BCUT2D eigenvalue weighted by atomic mass is 16.3. The average molecular weight is 347 g/mol. The average Bonchev–Trinajstić information content (AvgIpc) is 3.30. The third-order valence-electron chi connectivity index (χ3n) is 5.93. The van der Waals surface area contributed by atoms with Crippen molar-refractivity contribution in [3.63, 3.8) is 0 Å². The van der Waals surface area contributed by atoms with Gasteiger partial charge in [0.25, 0.3) is 5.91 Å². The summed E-state index contributed by atoms with van der Waals surface area (Å²) in [7, 11) is 0. The number of carbonyl (C=O) groups excluding carboxylic acids is 1. The van der Waals surface area contributed by atoms with Crippen LogP contribution >= 0.6 is 0 Å². The van der Waals surface area contributed by atoms with E-state index < -0.39 is 0 Å². The van der Waals surface area contributed by atoms with Gasteiger partial charge in [0, 0.05) is 24.1 Å². The largest absolute Gasteiger partial charge is 0.392 e. The van der Waals surface area contributed by atoms with Gasteiger partial charge in [-0.3, -0.25) is 4.79 Å². The van der Waals surface area contributed by atoms with Crippen molar-refractivity contribution in [1.82, 2.24) is 14.9 Å². The van der Waals surface area contributed by atoms with Crippen LogP contribution < -0.4 is 0 Å². The van der Waals surface area contributed by atoms with Crippen molar-refractivity contribution in [3.05, 3.63) is 65.0 Å². The molecule has 0 radical (unpaired) electrons. The van der Waals surface area contributed by atoms with Crippen molar-refractivity contribution >= 4 is 16.9 Å². The van der Waals surface area contributed by atoms with E-state index in [-0.39, 0.29) is 18.6 Å². The van der Waals surface area contributed by atoms with Gasteiger partial charge < -0.3 is 15.0 Å². The number of rotatable bonds is 2. The second kappa shape index (κ2) is 5.95. The highest BCUT2D eigenvalue weighted by Crippen LogP contribution is 2.43. The first-order valence-electron chi connectivity index (χ1n) is 9.21. The van der Waals surface area contributed by atoms with Crippen LogP contribution in [0.5, 0.6) is 0 Å². The second-order valence-corrected chi connectivity index (χ2v) is 7.34. The number of hydrogen-bond acceptors (Lipinski definition) is 3. The molecule has 1 aliphatic carbocycles. The smallest absolute Gasteiger partial charge is 0.254 e. The summed E-state index contributed by atoms with van der Waals surface area (Å²) in [5, 5.41) is 9.45. The minimum Gasteiger partial charge on any atom is -0.392 e. The van der Waals surface area contributed by atoms with Gasteiger partial charge in [0.2, 0.25) is 0 Å². The van der Waals surface area contributed by atoms with E-state index >= 15 is 0 Å². The molecule has 1 saturated heterocycles. The van der Waals surface area contributed by atoms with Gasteiger partial charge in [-0.15, -0.1) is 0 Å². The lowest BCUT2D eigenvalue weighted by Gasteiger charge is -2.38. The molecule has 1 aromatic heterocycles. The van der Waals surface area contributed by atoms with Crippen molar-refractivity contribution in [1.29, 1.82) is 0 Å². The van der Waals surface area contributed by atoms with Gasteiger partial charge in [-0.25, -0.2) is 4.98 Å². The number of likely N-dealkylation sites (tertiary alicyclic amines) is 1. The number of piperidine rings is 1. The molecule has 5 rings (SSSR count). The lowest BCUT2D eigenvalue weighted by atomic mass is 9.87. The molecule has 0 bridgehead atoms. The fraction of sp³-hybridized carbons (Fsp3) is 0.333. The van der Waals surface area contributed by atoms with E-state index in [1.807, 2.05) is 24.3 Å². The van der Waals surface area contributed by atoms with Crippen LogP contribution in [0.1, 0.15) is 45.8 Å². The number of aliphatic hydroxyl groups excluding tert-OH is 1. The Hall–Kier alpha value is -2.66. The fourth-order valence-electron chi connectivity index (χ4n) is 4.66. The maximum Gasteiger partial charge on any atom is 0.254 e. The highest BCUT2D eigenvalue weighted by molar-refractivity contribution is 5.97. The van der Waals surface area contributed by atoms with Gasteiger partial charge in [-0.1, -0.05) is 18.2 Å². The maximum atomic E-state index is 13.2. The zero-order chi connectivity index (χ0) is 17.7. The van der Waals surface area contributed by atoms with E-state index in [9.17, 15) is 9.90 Å². The van der Waals surface area contributed by atoms with Crippen LogP contribution in [0.25, 0.3) is 11.0 Å². The fourth-order valence-corrected chi connectivity index (χ4v) is 4.66. The number of aromatic nitrogens is 2. The Balaban J connectivity index is 1.47. The zero-order valence-electron chi connectivity index (χ0n) is 14.5. The van der Waals surface area contributed by atoms with Gasteiger partial charge in [-0.05, 0) is 54.2 Å². The molecule has 0 spiro atoms. The van der Waals surface area contributed by atoms with Crippen molar-refractivity contribution < 1.29 is 9.90 Å². The number of nitrogens with one attached hydrogen (secondary N) is 1. The number of H-pyrrole nitrogens is 1. The Morgan fingerprint density at radius 1 is 1.27 bits per heavy atom. The number of benzene rings is 2. The van der Waals surface area contributed by atoms with E-state index in [1.165, 1.54) is 11.1 Å². The summed E-state index contributed by atoms with van der Waals surface area (Å²) in [4.78, 5) is 22.6. The molecule has 3 aromatic rings. The van der Waals surface area contributed by atoms with Crippen molar-refractivity contribution in [2.45, 2.75) is 37.8 Å². The van der Waals surface area contributed by atoms with Gasteiger partial charge >= 0.3 is 0 Å². The summed E-state index contributed by atoms with van der Waals surface area (Å²) in [5.41, 5.74) is 6.09. The van der Waals surface area contributed by atoms with Crippen LogP contribution in [0, 0.1) is 0 Å². The Morgan fingerprint density at radius 3 is 3.08 bits per heavy atom. The van der Waals surface area contributed by atoms with E-state index in [1.54, 1.807) is 6.33 Å². The summed E-state index contributed by atoms with van der Waals surface area (Å²) in [6.07, 6.45) is 4.68. The van der Waals surface area contributed by atoms with Crippen LogP contribution in [0.4, 0.5) is 0 Å². The van der Waals surface area contributed by atoms with Crippen molar-refractivity contribution in [2.75, 3.05) is 6.54 Å². The molecule has 0 saturated carbocycles. The predicted molar refractivity (Wildman–Crippen MR) is 99.0 cm³/mol. The van der Waals surface area contributed by atoms with Crippen molar-refractivity contribution in [3.8, 4) is 0 Å². The van der Waals surface area contributed by atoms with Gasteiger partial charge in [0.05, 0.1) is 24.0 Å². The van der Waals surface area contributed by atoms with Crippen LogP contribution in [0.3, 0.4) is 0 Å². The molecule has 2 heterocycles. The molecule has 2 aromatic carbocycles. The van der Waals surface area contributed by atoms with Gasteiger partial charge in [0.1, 0.15) is 0 Å². The molecule has 1 unspecified atom stereocenters. The molecule has 5 nitrogen and oxygen atoms in total. The van der Waals surface area contributed by atoms with Gasteiger partial charge in [0.15, 0.2) is 0 Å². The number of amides is 1. The number of aromatic amines is 1. The lowest BCUT2D eigenvalue weighted by Crippen LogP contribution is -2.46. The highest BCUT2D eigenvalue weighted by Gasteiger charge is 2.40. The molecule has 26 heavy (non-hydrogen) atoms. The zero-order valence-corrected chi connectivity index (χ0v) is 14.5. The minimum absolute atomic E-state index is 0.0670. The first kappa shape index (κ1) is 15.6. The van der Waals surface area contributed by atoms with Crippen LogP contribution in [-0.2, 0) is 13.0 Å². The first-order chi connectivity index (χ1) is 12.7. The topological polar surface area (TPSA) is 69.2 Å². The maximum absolute atomic E-state index is 13.2. The first-order valence-corrected chi connectivity index (χ1v) is 9.21. The lowest BCUT2D eigenvalue weighted by molar-refractivity contribution is 0.0595. The normalized spacial score (nSPS) is 21.7. The summed E-state index contributed by atoms with van der Waals surface area (Å²) in [6, 6.07) is 12.1. The number of imidazole rings is 1. The number of aliphatic hydroxyl groups is 1. The van der Waals surface area contributed by atoms with Crippen molar-refractivity contribution in [2.24, 2.45) is 0 Å². The Kier molecular flexibility index (Phi) is 3.57. The molecule has 2 aliphatic rings. The Bertz CT molecular complexity index is 994. The number of carbonyl (C=O) groups is 1. The number of nitrogens with zero attached hydrogens (tertiary/aromatic N) is 2. The second-order valence-electron chi connectivity index (χ2n) is 7.34. The molecule has 132 valence electrons. The van der Waals surface area contributed by atoms with E-state index in [0.29, 0.717) is 5.92 Å². The Labute approximate surface area is 151 Å². The van der Waals surface area contributed by atoms with Crippen LogP contribution in [-0.4, -0.2) is 38.5 Å². The molecular weight excluding hydrogens is 326 g/mol. The monoisotopic (exact) mass is 347 g/mol. The molecule has 2 atom stereocenters. The van der Waals surface area contributed by atoms with Crippen LogP contribution in [0.2, 0.25) is 0 Å². The summed E-state index contributed by atoms with van der Waals surface area (Å²) >= 11 is 0. The molecule has 5 heteroatoms. The summed E-state index contributed by atoms with van der Waals surface area (Å²) < 4.78 is 0. The minimum atomic E-state index is 0.0670. The summed E-state index contributed by atoms with van der Waals surface area (Å²) in [6.45, 7) is 0.874. The molecular formula is C21H21N3O2. The molecule has 1 fully saturated rings. The molecule has 1 aliphatic heterocycles.